The van der Waals surface area contributed by atoms with Gasteiger partial charge in [0.25, 0.3) is 0 Å². The number of halogens is 1. The van der Waals surface area contributed by atoms with Crippen LogP contribution in [0.3, 0.4) is 0 Å². The van der Waals surface area contributed by atoms with Crippen molar-refractivity contribution in [3.63, 3.8) is 0 Å². The van der Waals surface area contributed by atoms with Gasteiger partial charge in [-0.2, -0.15) is 0 Å². The molecule has 0 saturated heterocycles. The summed E-state index contributed by atoms with van der Waals surface area (Å²) < 4.78 is 5.58. The van der Waals surface area contributed by atoms with Gasteiger partial charge in [-0.25, -0.2) is 0 Å². The van der Waals surface area contributed by atoms with E-state index in [1.165, 1.54) is 38.6 Å². The smallest absolute Gasteiger partial charge is 0.139 e. The van der Waals surface area contributed by atoms with Crippen molar-refractivity contribution in [2.75, 3.05) is 13.2 Å². The molecule has 0 spiro atoms. The van der Waals surface area contributed by atoms with Crippen molar-refractivity contribution in [1.29, 1.82) is 0 Å². The van der Waals surface area contributed by atoms with Gasteiger partial charge in [-0.05, 0) is 32.2 Å². The summed E-state index contributed by atoms with van der Waals surface area (Å²) in [6.07, 6.45) is 10.9. The van der Waals surface area contributed by atoms with Crippen LogP contribution in [0, 0.1) is 0 Å². The van der Waals surface area contributed by atoms with Crippen LogP contribution in [-0.4, -0.2) is 24.2 Å². The predicted octanol–water partition coefficient (Wildman–Crippen LogP) is 3.43. The first-order chi connectivity index (χ1) is 8.84. The predicted molar refractivity (Wildman–Crippen MR) is 74.2 cm³/mol. The topological polar surface area (TPSA) is 34.1 Å². The third-order valence-electron chi connectivity index (χ3n) is 3.03. The molecule has 4 heteroatoms. The number of hydrogen-bond acceptors (Lipinski definition) is 3. The number of unbranched alkanes of at least 4 members (excludes halogenated alkanes) is 3. The lowest BCUT2D eigenvalue weighted by Crippen LogP contribution is -2.17. The van der Waals surface area contributed by atoms with Crippen molar-refractivity contribution in [1.82, 2.24) is 10.3 Å². The Labute approximate surface area is 114 Å². The van der Waals surface area contributed by atoms with Crippen molar-refractivity contribution in [2.24, 2.45) is 0 Å². The quantitative estimate of drug-likeness (QED) is 0.697. The summed E-state index contributed by atoms with van der Waals surface area (Å²) in [6, 6.07) is 2.64. The summed E-state index contributed by atoms with van der Waals surface area (Å²) >= 11 is 5.82. The Morgan fingerprint density at radius 2 is 2.06 bits per heavy atom. The van der Waals surface area contributed by atoms with Crippen LogP contribution in [-0.2, 0) is 0 Å². The Hall–Kier alpha value is -0.800. The minimum atomic E-state index is 0.624. The van der Waals surface area contributed by atoms with Gasteiger partial charge in [-0.1, -0.05) is 24.4 Å². The lowest BCUT2D eigenvalue weighted by molar-refractivity contribution is 0.303. The van der Waals surface area contributed by atoms with Crippen LogP contribution in [0.2, 0.25) is 5.02 Å². The highest BCUT2D eigenvalue weighted by Crippen LogP contribution is 2.18. The minimum absolute atomic E-state index is 0.624. The summed E-state index contributed by atoms with van der Waals surface area (Å²) in [5.74, 6) is 0.762. The highest BCUT2D eigenvalue weighted by atomic mass is 35.5. The summed E-state index contributed by atoms with van der Waals surface area (Å²) in [7, 11) is 0. The second-order valence-electron chi connectivity index (χ2n) is 4.83. The number of pyridine rings is 1. The third-order valence-corrected chi connectivity index (χ3v) is 3.24. The summed E-state index contributed by atoms with van der Waals surface area (Å²) in [6.45, 7) is 1.92. The molecular weight excluding hydrogens is 248 g/mol. The van der Waals surface area contributed by atoms with Crippen molar-refractivity contribution in [3.8, 4) is 5.75 Å². The molecule has 0 amide bonds. The van der Waals surface area contributed by atoms with Gasteiger partial charge >= 0.3 is 0 Å². The Morgan fingerprint density at radius 3 is 2.83 bits per heavy atom. The van der Waals surface area contributed by atoms with Crippen LogP contribution in [0.25, 0.3) is 0 Å². The molecule has 100 valence electrons. The second kappa shape index (κ2) is 7.59. The molecule has 0 radical (unpaired) electrons. The van der Waals surface area contributed by atoms with E-state index < -0.39 is 0 Å². The molecule has 0 aromatic carbocycles. The molecule has 3 nitrogen and oxygen atoms in total. The van der Waals surface area contributed by atoms with Gasteiger partial charge in [0.2, 0.25) is 0 Å². The van der Waals surface area contributed by atoms with Crippen molar-refractivity contribution >= 4 is 11.6 Å². The summed E-state index contributed by atoms with van der Waals surface area (Å²) in [5, 5.41) is 4.15. The van der Waals surface area contributed by atoms with Crippen LogP contribution >= 0.6 is 11.6 Å². The standard InChI is InChI=1S/C14H21ClN2O/c15-12-9-14(11-16-10-12)18-8-4-2-1-3-7-17-13-5-6-13/h9-11,13,17H,1-8H2. The molecule has 1 fully saturated rings. The molecule has 0 atom stereocenters. The first kappa shape index (κ1) is 13.6. The van der Waals surface area contributed by atoms with E-state index in [1.54, 1.807) is 18.5 Å². The maximum atomic E-state index is 5.82. The molecule has 1 N–H and O–H groups in total. The molecule has 1 aliphatic rings. The van der Waals surface area contributed by atoms with Gasteiger partial charge in [0.15, 0.2) is 0 Å². The number of nitrogens with one attached hydrogen (secondary N) is 1. The highest BCUT2D eigenvalue weighted by Gasteiger charge is 2.19. The lowest BCUT2D eigenvalue weighted by Gasteiger charge is -2.06. The first-order valence-electron chi connectivity index (χ1n) is 6.81. The largest absolute Gasteiger partial charge is 0.492 e. The average molecular weight is 269 g/mol. The molecule has 1 aromatic rings. The van der Waals surface area contributed by atoms with E-state index in [4.69, 9.17) is 16.3 Å². The zero-order valence-electron chi connectivity index (χ0n) is 10.7. The lowest BCUT2D eigenvalue weighted by atomic mass is 10.2. The van der Waals surface area contributed by atoms with Crippen LogP contribution < -0.4 is 10.1 Å². The molecule has 1 saturated carbocycles. The number of hydrogen-bond donors (Lipinski definition) is 1. The summed E-state index contributed by atoms with van der Waals surface area (Å²) in [4.78, 5) is 3.98. The maximum Gasteiger partial charge on any atom is 0.139 e. The number of nitrogens with zero attached hydrogens (tertiary/aromatic N) is 1. The van der Waals surface area contributed by atoms with E-state index in [9.17, 15) is 0 Å². The Bertz CT molecular complexity index is 355. The normalized spacial score (nSPS) is 14.7. The third kappa shape index (κ3) is 5.69. The van der Waals surface area contributed by atoms with E-state index in [-0.39, 0.29) is 0 Å². The fourth-order valence-electron chi connectivity index (χ4n) is 1.84. The zero-order valence-corrected chi connectivity index (χ0v) is 11.5. The SMILES string of the molecule is Clc1cncc(OCCCCCCNC2CC2)c1. The molecule has 1 aromatic heterocycles. The Morgan fingerprint density at radius 1 is 1.22 bits per heavy atom. The molecule has 2 rings (SSSR count). The molecular formula is C14H21ClN2O. The summed E-state index contributed by atoms with van der Waals surface area (Å²) in [5.41, 5.74) is 0. The second-order valence-corrected chi connectivity index (χ2v) is 5.27. The molecule has 0 bridgehead atoms. The Balaban J connectivity index is 1.43. The van der Waals surface area contributed by atoms with Crippen LogP contribution in [0.15, 0.2) is 18.5 Å². The average Bonchev–Trinajstić information content (AvgIpc) is 3.17. The fourth-order valence-corrected chi connectivity index (χ4v) is 2.00. The van der Waals surface area contributed by atoms with Gasteiger partial charge in [0.05, 0.1) is 17.8 Å². The van der Waals surface area contributed by atoms with Gasteiger partial charge in [0, 0.05) is 18.3 Å². The van der Waals surface area contributed by atoms with Gasteiger partial charge in [-0.3, -0.25) is 4.98 Å². The van der Waals surface area contributed by atoms with Crippen molar-refractivity contribution < 1.29 is 4.74 Å². The maximum absolute atomic E-state index is 5.82. The van der Waals surface area contributed by atoms with Crippen LogP contribution in [0.4, 0.5) is 0 Å². The molecule has 0 aliphatic heterocycles. The molecule has 1 heterocycles. The zero-order chi connectivity index (χ0) is 12.6. The minimum Gasteiger partial charge on any atom is -0.492 e. The van der Waals surface area contributed by atoms with E-state index in [0.29, 0.717) is 5.02 Å². The highest BCUT2D eigenvalue weighted by molar-refractivity contribution is 6.30. The monoisotopic (exact) mass is 268 g/mol. The number of rotatable bonds is 9. The van der Waals surface area contributed by atoms with Crippen LogP contribution in [0.1, 0.15) is 38.5 Å². The molecule has 18 heavy (non-hydrogen) atoms. The van der Waals surface area contributed by atoms with E-state index in [2.05, 4.69) is 10.3 Å². The van der Waals surface area contributed by atoms with Gasteiger partial charge in [0.1, 0.15) is 5.75 Å². The molecule has 0 unspecified atom stereocenters. The Kier molecular flexibility index (Phi) is 5.75. The van der Waals surface area contributed by atoms with E-state index in [1.807, 2.05) is 0 Å². The van der Waals surface area contributed by atoms with Crippen molar-refractivity contribution in [3.05, 3.63) is 23.5 Å². The molecule has 1 aliphatic carbocycles. The van der Waals surface area contributed by atoms with Gasteiger partial charge in [-0.15, -0.1) is 0 Å². The number of ether oxygens (including phenoxy) is 1. The fraction of sp³-hybridized carbons (Fsp3) is 0.643. The van der Waals surface area contributed by atoms with Crippen LogP contribution in [0.5, 0.6) is 5.75 Å². The van der Waals surface area contributed by atoms with Crippen molar-refractivity contribution in [2.45, 2.75) is 44.6 Å². The first-order valence-corrected chi connectivity index (χ1v) is 7.19. The van der Waals surface area contributed by atoms with E-state index in [0.717, 1.165) is 24.8 Å². The van der Waals surface area contributed by atoms with Gasteiger partial charge < -0.3 is 10.1 Å². The van der Waals surface area contributed by atoms with E-state index >= 15 is 0 Å². The number of aromatic nitrogens is 1.